The van der Waals surface area contributed by atoms with Gasteiger partial charge in [-0.1, -0.05) is 19.4 Å². The standard InChI is InChI=1S/C10H12F3N/c1-2-3-7-4-5-8(14)6-9(7)10(11,12)13/h4-6H,2-3,14H2,1H3. The van der Waals surface area contributed by atoms with Crippen LogP contribution >= 0.6 is 0 Å². The van der Waals surface area contributed by atoms with Crippen LogP contribution in [0.3, 0.4) is 0 Å². The van der Waals surface area contributed by atoms with Crippen LogP contribution in [0.4, 0.5) is 18.9 Å². The van der Waals surface area contributed by atoms with E-state index in [0.29, 0.717) is 18.4 Å². The third-order valence-electron chi connectivity index (χ3n) is 1.96. The van der Waals surface area contributed by atoms with E-state index in [1.807, 2.05) is 6.92 Å². The molecular formula is C10H12F3N. The molecule has 4 heteroatoms. The largest absolute Gasteiger partial charge is 0.416 e. The highest BCUT2D eigenvalue weighted by Crippen LogP contribution is 2.33. The molecule has 1 aromatic rings. The SMILES string of the molecule is CCCc1ccc(N)cc1C(F)(F)F. The average molecular weight is 203 g/mol. The van der Waals surface area contributed by atoms with Crippen molar-refractivity contribution in [2.75, 3.05) is 5.73 Å². The Labute approximate surface area is 80.7 Å². The minimum absolute atomic E-state index is 0.150. The van der Waals surface area contributed by atoms with E-state index in [1.165, 1.54) is 12.1 Å². The van der Waals surface area contributed by atoms with Crippen molar-refractivity contribution in [2.24, 2.45) is 0 Å². The third kappa shape index (κ3) is 2.40. The summed E-state index contributed by atoms with van der Waals surface area (Å²) in [6.07, 6.45) is -3.19. The lowest BCUT2D eigenvalue weighted by molar-refractivity contribution is -0.138. The molecule has 1 nitrogen and oxygen atoms in total. The summed E-state index contributed by atoms with van der Waals surface area (Å²) >= 11 is 0. The monoisotopic (exact) mass is 203 g/mol. The first kappa shape index (κ1) is 10.9. The van der Waals surface area contributed by atoms with Crippen LogP contribution in [0, 0.1) is 0 Å². The summed E-state index contributed by atoms with van der Waals surface area (Å²) in [5.41, 5.74) is 5.17. The smallest absolute Gasteiger partial charge is 0.399 e. The molecule has 0 unspecified atom stereocenters. The first-order valence-corrected chi connectivity index (χ1v) is 4.40. The van der Waals surface area contributed by atoms with Crippen LogP contribution in [0.2, 0.25) is 0 Å². The molecule has 0 amide bonds. The van der Waals surface area contributed by atoms with Crippen LogP contribution in [0.5, 0.6) is 0 Å². The number of halogens is 3. The number of aryl methyl sites for hydroxylation is 1. The van der Waals surface area contributed by atoms with Crippen molar-refractivity contribution in [3.63, 3.8) is 0 Å². The summed E-state index contributed by atoms with van der Waals surface area (Å²) < 4.78 is 37.5. The van der Waals surface area contributed by atoms with Gasteiger partial charge in [0.15, 0.2) is 0 Å². The van der Waals surface area contributed by atoms with Gasteiger partial charge < -0.3 is 5.73 Å². The normalized spacial score (nSPS) is 11.7. The zero-order chi connectivity index (χ0) is 10.8. The van der Waals surface area contributed by atoms with Gasteiger partial charge in [0.2, 0.25) is 0 Å². The number of rotatable bonds is 2. The molecule has 0 saturated heterocycles. The highest BCUT2D eigenvalue weighted by atomic mass is 19.4. The summed E-state index contributed by atoms with van der Waals surface area (Å²) in [4.78, 5) is 0. The van der Waals surface area contributed by atoms with E-state index in [1.54, 1.807) is 0 Å². The molecular weight excluding hydrogens is 191 g/mol. The summed E-state index contributed by atoms with van der Waals surface area (Å²) in [6.45, 7) is 1.84. The molecule has 78 valence electrons. The molecule has 1 aromatic carbocycles. The lowest BCUT2D eigenvalue weighted by Gasteiger charge is -2.12. The minimum Gasteiger partial charge on any atom is -0.399 e. The Hall–Kier alpha value is -1.19. The lowest BCUT2D eigenvalue weighted by Crippen LogP contribution is -2.09. The van der Waals surface area contributed by atoms with Gasteiger partial charge in [-0.3, -0.25) is 0 Å². The van der Waals surface area contributed by atoms with Crippen molar-refractivity contribution >= 4 is 5.69 Å². The van der Waals surface area contributed by atoms with Crippen LogP contribution in [0.25, 0.3) is 0 Å². The zero-order valence-corrected chi connectivity index (χ0v) is 7.86. The van der Waals surface area contributed by atoms with Gasteiger partial charge >= 0.3 is 6.18 Å². The zero-order valence-electron chi connectivity index (χ0n) is 7.86. The predicted molar refractivity (Wildman–Crippen MR) is 49.9 cm³/mol. The molecule has 0 radical (unpaired) electrons. The summed E-state index contributed by atoms with van der Waals surface area (Å²) in [5.74, 6) is 0. The molecule has 0 aliphatic carbocycles. The molecule has 0 fully saturated rings. The van der Waals surface area contributed by atoms with Crippen LogP contribution in [-0.4, -0.2) is 0 Å². The van der Waals surface area contributed by atoms with E-state index in [0.717, 1.165) is 6.07 Å². The second-order valence-corrected chi connectivity index (χ2v) is 3.16. The summed E-state index contributed by atoms with van der Waals surface area (Å²) in [7, 11) is 0. The molecule has 0 aliphatic heterocycles. The third-order valence-corrected chi connectivity index (χ3v) is 1.96. The predicted octanol–water partition coefficient (Wildman–Crippen LogP) is 3.24. The lowest BCUT2D eigenvalue weighted by atomic mass is 10.0. The van der Waals surface area contributed by atoms with Gasteiger partial charge in [-0.15, -0.1) is 0 Å². The van der Waals surface area contributed by atoms with Gasteiger partial charge in [-0.25, -0.2) is 0 Å². The topological polar surface area (TPSA) is 26.0 Å². The maximum atomic E-state index is 12.5. The first-order valence-electron chi connectivity index (χ1n) is 4.40. The van der Waals surface area contributed by atoms with Gasteiger partial charge in [0, 0.05) is 5.69 Å². The van der Waals surface area contributed by atoms with Crippen molar-refractivity contribution in [3.05, 3.63) is 29.3 Å². The first-order chi connectivity index (χ1) is 6.45. The van der Waals surface area contributed by atoms with Crippen molar-refractivity contribution in [1.82, 2.24) is 0 Å². The molecule has 0 aromatic heterocycles. The fourth-order valence-electron chi connectivity index (χ4n) is 1.35. The fourth-order valence-corrected chi connectivity index (χ4v) is 1.35. The fraction of sp³-hybridized carbons (Fsp3) is 0.400. The van der Waals surface area contributed by atoms with Crippen LogP contribution in [-0.2, 0) is 12.6 Å². The molecule has 0 heterocycles. The molecule has 1 rings (SSSR count). The van der Waals surface area contributed by atoms with Gasteiger partial charge in [-0.2, -0.15) is 13.2 Å². The van der Waals surface area contributed by atoms with Crippen LogP contribution in [0.1, 0.15) is 24.5 Å². The molecule has 0 bridgehead atoms. The Morgan fingerprint density at radius 2 is 1.93 bits per heavy atom. The Kier molecular flexibility index (Phi) is 3.03. The van der Waals surface area contributed by atoms with E-state index in [2.05, 4.69) is 0 Å². The summed E-state index contributed by atoms with van der Waals surface area (Å²) in [6, 6.07) is 3.94. The molecule has 0 spiro atoms. The molecule has 0 atom stereocenters. The number of hydrogen-bond acceptors (Lipinski definition) is 1. The van der Waals surface area contributed by atoms with Gasteiger partial charge in [-0.05, 0) is 24.1 Å². The second kappa shape index (κ2) is 3.90. The van der Waals surface area contributed by atoms with E-state index in [-0.39, 0.29) is 5.69 Å². The van der Waals surface area contributed by atoms with E-state index in [4.69, 9.17) is 5.73 Å². The van der Waals surface area contributed by atoms with Crippen LogP contribution in [0.15, 0.2) is 18.2 Å². The van der Waals surface area contributed by atoms with Crippen molar-refractivity contribution < 1.29 is 13.2 Å². The Bertz CT molecular complexity index is 318. The summed E-state index contributed by atoms with van der Waals surface area (Å²) in [5, 5.41) is 0. The molecule has 0 saturated carbocycles. The van der Waals surface area contributed by atoms with Crippen molar-refractivity contribution in [2.45, 2.75) is 25.9 Å². The number of nitrogen functional groups attached to an aromatic ring is 1. The number of benzene rings is 1. The van der Waals surface area contributed by atoms with Gasteiger partial charge in [0.25, 0.3) is 0 Å². The quantitative estimate of drug-likeness (QED) is 0.733. The van der Waals surface area contributed by atoms with E-state index < -0.39 is 11.7 Å². The Morgan fingerprint density at radius 3 is 2.43 bits per heavy atom. The Balaban J connectivity index is 3.16. The Morgan fingerprint density at radius 1 is 1.29 bits per heavy atom. The second-order valence-electron chi connectivity index (χ2n) is 3.16. The number of hydrogen-bond donors (Lipinski definition) is 1. The van der Waals surface area contributed by atoms with Crippen molar-refractivity contribution in [1.29, 1.82) is 0 Å². The number of nitrogens with two attached hydrogens (primary N) is 1. The number of alkyl halides is 3. The maximum absolute atomic E-state index is 12.5. The highest BCUT2D eigenvalue weighted by molar-refractivity contribution is 5.46. The molecule has 14 heavy (non-hydrogen) atoms. The molecule has 0 aliphatic rings. The highest BCUT2D eigenvalue weighted by Gasteiger charge is 2.32. The van der Waals surface area contributed by atoms with E-state index >= 15 is 0 Å². The van der Waals surface area contributed by atoms with Gasteiger partial charge in [0.1, 0.15) is 0 Å². The average Bonchev–Trinajstić information content (AvgIpc) is 2.07. The van der Waals surface area contributed by atoms with Crippen molar-refractivity contribution in [3.8, 4) is 0 Å². The maximum Gasteiger partial charge on any atom is 0.416 e. The molecule has 2 N–H and O–H groups in total. The minimum atomic E-state index is -4.31. The van der Waals surface area contributed by atoms with E-state index in [9.17, 15) is 13.2 Å². The van der Waals surface area contributed by atoms with Gasteiger partial charge in [0.05, 0.1) is 5.56 Å². The van der Waals surface area contributed by atoms with Crippen LogP contribution < -0.4 is 5.73 Å². The number of anilines is 1.